The number of furan rings is 1. The minimum Gasteiger partial charge on any atom is -0.455 e. The van der Waals surface area contributed by atoms with Gasteiger partial charge in [-0.25, -0.2) is 0 Å². The highest BCUT2D eigenvalue weighted by molar-refractivity contribution is 7.25. The summed E-state index contributed by atoms with van der Waals surface area (Å²) < 4.78 is 106. The second kappa shape index (κ2) is 11.2. The van der Waals surface area contributed by atoms with E-state index in [-0.39, 0.29) is 49.1 Å². The van der Waals surface area contributed by atoms with Crippen molar-refractivity contribution in [2.45, 2.75) is 0 Å². The van der Waals surface area contributed by atoms with Crippen LogP contribution in [0.5, 0.6) is 0 Å². The third kappa shape index (κ3) is 4.55. The van der Waals surface area contributed by atoms with Gasteiger partial charge in [-0.3, -0.25) is 0 Å². The van der Waals surface area contributed by atoms with Crippen LogP contribution in [0.2, 0.25) is 0 Å². The fourth-order valence-electron chi connectivity index (χ4n) is 6.59. The van der Waals surface area contributed by atoms with Crippen molar-refractivity contribution in [3.63, 3.8) is 0 Å². The smallest absolute Gasteiger partial charge is 0.143 e. The van der Waals surface area contributed by atoms with Crippen LogP contribution in [-0.4, -0.2) is 0 Å². The summed E-state index contributed by atoms with van der Waals surface area (Å²) in [7, 11) is 0. The number of anilines is 3. The molecule has 10 rings (SSSR count). The van der Waals surface area contributed by atoms with Gasteiger partial charge in [0.15, 0.2) is 0 Å². The predicted molar refractivity (Wildman–Crippen MR) is 210 cm³/mol. The molecule has 49 heavy (non-hydrogen) atoms. The topological polar surface area (TPSA) is 16.4 Å². The number of hydrogen-bond acceptors (Lipinski definition) is 3. The Morgan fingerprint density at radius 3 is 2.18 bits per heavy atom. The molecule has 2 nitrogen and oxygen atoms in total. The molecule has 0 bridgehead atoms. The fraction of sp³-hybridized carbons (Fsp3) is 0. The molecule has 0 radical (unpaired) electrons. The first kappa shape index (κ1) is 19.0. The van der Waals surface area contributed by atoms with E-state index in [9.17, 15) is 6.85 Å². The van der Waals surface area contributed by atoms with E-state index in [1.54, 1.807) is 4.90 Å². The second-order valence-electron chi connectivity index (χ2n) is 11.6. The van der Waals surface area contributed by atoms with Crippen molar-refractivity contribution in [2.75, 3.05) is 4.90 Å². The third-order valence-electron chi connectivity index (χ3n) is 8.81. The van der Waals surface area contributed by atoms with Gasteiger partial charge in [0, 0.05) is 42.2 Å². The summed E-state index contributed by atoms with van der Waals surface area (Å²) in [6, 6.07) is 29.5. The lowest BCUT2D eigenvalue weighted by atomic mass is 9.99. The average Bonchev–Trinajstić information content (AvgIpc) is 3.87. The van der Waals surface area contributed by atoms with Crippen LogP contribution < -0.4 is 4.90 Å². The SMILES string of the molecule is [2H]c1c([2H])c(N(c2ccccc2-c2ccccc2)c2cccc3oc4c5ccccc5ccc4c23)c([2H])c([2H])c1-c1c([2H])c([2H])c2c(sc3c([2H])c([2H])c([2H])c([2H])c32)c1[2H]. The molecule has 2 heterocycles. The maximum Gasteiger partial charge on any atom is 0.143 e. The highest BCUT2D eigenvalue weighted by Gasteiger charge is 2.22. The lowest BCUT2D eigenvalue weighted by Crippen LogP contribution is -2.11. The monoisotopic (exact) mass is 654 g/mol. The van der Waals surface area contributed by atoms with Crippen molar-refractivity contribution in [3.05, 3.63) is 176 Å². The highest BCUT2D eigenvalue weighted by atomic mass is 32.1. The van der Waals surface area contributed by atoms with Gasteiger partial charge in [-0.2, -0.15) is 0 Å². The van der Waals surface area contributed by atoms with Crippen LogP contribution in [0.15, 0.2) is 180 Å². The molecule has 8 aromatic carbocycles. The number of fused-ring (bicyclic) bond motifs is 8. The van der Waals surface area contributed by atoms with Gasteiger partial charge in [0.2, 0.25) is 0 Å². The molecule has 0 aliphatic heterocycles. The average molecular weight is 655 g/mol. The lowest BCUT2D eigenvalue weighted by Gasteiger charge is -2.28. The van der Waals surface area contributed by atoms with E-state index in [0.717, 1.165) is 38.6 Å². The Balaban J connectivity index is 1.29. The molecule has 0 saturated heterocycles. The number of rotatable bonds is 5. The van der Waals surface area contributed by atoms with Crippen molar-refractivity contribution in [2.24, 2.45) is 0 Å². The van der Waals surface area contributed by atoms with Gasteiger partial charge in [-0.15, -0.1) is 11.3 Å². The quantitative estimate of drug-likeness (QED) is 0.184. The minimum absolute atomic E-state index is 0.00420. The van der Waals surface area contributed by atoms with Crippen LogP contribution >= 0.6 is 11.3 Å². The Morgan fingerprint density at radius 2 is 1.27 bits per heavy atom. The van der Waals surface area contributed by atoms with Crippen LogP contribution in [-0.2, 0) is 0 Å². The Bertz CT molecular complexity index is 3440. The number of thiophene rings is 1. The number of benzene rings is 8. The first-order valence-electron chi connectivity index (χ1n) is 21.2. The van der Waals surface area contributed by atoms with Gasteiger partial charge in [-0.1, -0.05) is 127 Å². The second-order valence-corrected chi connectivity index (χ2v) is 12.6. The van der Waals surface area contributed by atoms with Crippen molar-refractivity contribution in [1.82, 2.24) is 0 Å². The Kier molecular flexibility index (Phi) is 4.35. The normalized spacial score (nSPS) is 14.8. The van der Waals surface area contributed by atoms with E-state index in [1.165, 1.54) is 0 Å². The summed E-state index contributed by atoms with van der Waals surface area (Å²) in [6.07, 6.45) is 0. The molecule has 230 valence electrons. The van der Waals surface area contributed by atoms with E-state index in [2.05, 4.69) is 0 Å². The van der Waals surface area contributed by atoms with Gasteiger partial charge in [0.05, 0.1) is 31.8 Å². The van der Waals surface area contributed by atoms with Crippen molar-refractivity contribution < 1.29 is 19.5 Å². The molecular formula is C46H29NOS. The highest BCUT2D eigenvalue weighted by Crippen LogP contribution is 2.47. The van der Waals surface area contributed by atoms with Crippen LogP contribution in [0.1, 0.15) is 15.1 Å². The van der Waals surface area contributed by atoms with E-state index < -0.39 is 54.4 Å². The maximum absolute atomic E-state index is 9.70. The van der Waals surface area contributed by atoms with Crippen LogP contribution in [0.4, 0.5) is 17.1 Å². The number of para-hydroxylation sites is 1. The van der Waals surface area contributed by atoms with Gasteiger partial charge >= 0.3 is 0 Å². The van der Waals surface area contributed by atoms with Crippen LogP contribution in [0.25, 0.3) is 75.1 Å². The van der Waals surface area contributed by atoms with E-state index in [1.807, 2.05) is 109 Å². The summed E-state index contributed by atoms with van der Waals surface area (Å²) in [4.78, 5) is 1.72. The molecular weight excluding hydrogens is 615 g/mol. The van der Waals surface area contributed by atoms with E-state index in [0.29, 0.717) is 27.9 Å². The van der Waals surface area contributed by atoms with Crippen LogP contribution in [0.3, 0.4) is 0 Å². The minimum atomic E-state index is -0.554. The zero-order valence-electron chi connectivity index (χ0n) is 36.7. The molecule has 0 saturated carbocycles. The first-order valence-corrected chi connectivity index (χ1v) is 16.5. The van der Waals surface area contributed by atoms with Crippen molar-refractivity contribution >= 4 is 81.3 Å². The Labute approximate surface area is 303 Å². The van der Waals surface area contributed by atoms with Crippen LogP contribution in [0, 0.1) is 0 Å². The summed E-state index contributed by atoms with van der Waals surface area (Å²) in [5.41, 5.74) is 3.16. The molecule has 0 amide bonds. The Morgan fingerprint density at radius 1 is 0.510 bits per heavy atom. The van der Waals surface area contributed by atoms with Gasteiger partial charge < -0.3 is 9.32 Å². The molecule has 0 aliphatic rings. The van der Waals surface area contributed by atoms with E-state index in [4.69, 9.17) is 12.6 Å². The van der Waals surface area contributed by atoms with Gasteiger partial charge in [0.1, 0.15) is 11.2 Å². The summed E-state index contributed by atoms with van der Waals surface area (Å²) in [5.74, 6) is 0. The van der Waals surface area contributed by atoms with E-state index >= 15 is 0 Å². The van der Waals surface area contributed by atoms with Gasteiger partial charge in [-0.05, 0) is 70.5 Å². The molecule has 0 unspecified atom stereocenters. The maximum atomic E-state index is 9.70. The molecule has 2 aromatic heterocycles. The van der Waals surface area contributed by atoms with Crippen molar-refractivity contribution in [1.29, 1.82) is 0 Å². The standard InChI is InChI=1S/C46H29NOS/c1-2-11-31(12-3-1)35-14-6-8-17-40(35)47(41-18-10-19-42-45(41)39-28-23-32-13-4-5-15-36(32)46(39)48-42)34-25-21-30(22-26-34)33-24-27-38-37-16-7-9-20-43(37)49-44(38)29-33/h1-29H/i7D,9D,16D,20D,21D,22D,24D,25D,26D,27D,29D. The fourth-order valence-corrected chi connectivity index (χ4v) is 7.56. The first-order chi connectivity index (χ1) is 28.9. The van der Waals surface area contributed by atoms with Gasteiger partial charge in [0.25, 0.3) is 0 Å². The summed E-state index contributed by atoms with van der Waals surface area (Å²) >= 11 is 0.874. The molecule has 10 aromatic rings. The number of nitrogens with zero attached hydrogens (tertiary/aromatic N) is 1. The predicted octanol–water partition coefficient (Wildman–Crippen LogP) is 13.9. The molecule has 3 heteroatoms. The summed E-state index contributed by atoms with van der Waals surface area (Å²) in [5, 5.41) is 3.39. The zero-order chi connectivity index (χ0) is 41.9. The molecule has 0 aliphatic carbocycles. The third-order valence-corrected chi connectivity index (χ3v) is 9.83. The number of hydrogen-bond donors (Lipinski definition) is 0. The molecule has 0 spiro atoms. The Hall–Kier alpha value is -6.16. The molecule has 0 N–H and O–H groups in total. The molecule has 0 atom stereocenters. The van der Waals surface area contributed by atoms with Crippen molar-refractivity contribution in [3.8, 4) is 22.3 Å². The lowest BCUT2D eigenvalue weighted by molar-refractivity contribution is 0.672. The largest absolute Gasteiger partial charge is 0.455 e. The molecule has 0 fully saturated rings. The summed E-state index contributed by atoms with van der Waals surface area (Å²) in [6.45, 7) is 0. The zero-order valence-corrected chi connectivity index (χ0v) is 26.5.